The van der Waals surface area contributed by atoms with E-state index in [1.54, 1.807) is 21.7 Å². The molecular weight excluding hydrogens is 769 g/mol. The second kappa shape index (κ2) is 19.2. The predicted octanol–water partition coefficient (Wildman–Crippen LogP) is 2.91. The molecule has 5 heterocycles. The number of imide groups is 1. The second-order valence-corrected chi connectivity index (χ2v) is 16.2. The van der Waals surface area contributed by atoms with Gasteiger partial charge in [-0.1, -0.05) is 44.5 Å². The Labute approximate surface area is 349 Å². The van der Waals surface area contributed by atoms with Crippen LogP contribution in [0.25, 0.3) is 5.65 Å². The van der Waals surface area contributed by atoms with E-state index in [2.05, 4.69) is 56.2 Å². The van der Waals surface area contributed by atoms with Crippen LogP contribution in [0.1, 0.15) is 84.5 Å². The SMILES string of the molecule is CC(C)c1cnn2c(NCc3ccc(NC(=O)N4CCN(CCCCCc5cccc6c5CN(C5CCC(=O)NC5=O)C6=O)CC4)cc3)cc(N[C@@H](CO)[C@H](O)CO)nc12. The molecule has 2 aromatic carbocycles. The van der Waals surface area contributed by atoms with Crippen LogP contribution in [-0.2, 0) is 29.1 Å². The molecule has 0 aliphatic carbocycles. The predicted molar refractivity (Wildman–Crippen MR) is 226 cm³/mol. The van der Waals surface area contributed by atoms with Crippen LogP contribution >= 0.6 is 0 Å². The summed E-state index contributed by atoms with van der Waals surface area (Å²) in [5.41, 5.74) is 6.04. The maximum absolute atomic E-state index is 13.2. The van der Waals surface area contributed by atoms with Crippen molar-refractivity contribution >= 4 is 46.7 Å². The standard InChI is InChI=1S/C43H56N10O7/c1-27(2)32-23-45-53-38(21-37(48-40(32)53)47-34(25-54)36(56)26-55)44-22-28-10-12-30(13-11-28)46-43(60)51-19-17-50(18-20-51)16-5-3-4-7-29-8-6-9-31-33(29)24-52(42(31)59)35-14-15-39(57)49-41(35)58/h6,8-13,21,23,27,34-36,44,54-56H,3-5,7,14-20,22,24-26H2,1-2H3,(H,46,60)(H,47,48)(H,49,57,58)/t34-,35?,36+/m0/s1. The fourth-order valence-corrected chi connectivity index (χ4v) is 8.16. The van der Waals surface area contributed by atoms with E-state index in [1.165, 1.54) is 0 Å². The third-order valence-electron chi connectivity index (χ3n) is 11.7. The lowest BCUT2D eigenvalue weighted by molar-refractivity contribution is -0.136. The molecule has 4 aromatic rings. The zero-order chi connectivity index (χ0) is 42.3. The van der Waals surface area contributed by atoms with Gasteiger partial charge in [-0.3, -0.25) is 24.6 Å². The van der Waals surface area contributed by atoms with E-state index in [-0.39, 0.29) is 30.2 Å². The van der Waals surface area contributed by atoms with E-state index in [4.69, 9.17) is 0 Å². The second-order valence-electron chi connectivity index (χ2n) is 16.2. The van der Waals surface area contributed by atoms with Gasteiger partial charge in [-0.15, -0.1) is 0 Å². The number of hydrogen-bond donors (Lipinski definition) is 7. The van der Waals surface area contributed by atoms with Crippen LogP contribution in [0.4, 0.5) is 22.1 Å². The average molecular weight is 825 g/mol. The van der Waals surface area contributed by atoms with Crippen LogP contribution in [0.2, 0.25) is 0 Å². The Morgan fingerprint density at radius 2 is 1.77 bits per heavy atom. The molecule has 2 fully saturated rings. The summed E-state index contributed by atoms with van der Waals surface area (Å²) in [6.45, 7) is 7.91. The van der Waals surface area contributed by atoms with Crippen molar-refractivity contribution in [1.82, 2.24) is 34.6 Å². The van der Waals surface area contributed by atoms with E-state index in [9.17, 15) is 34.5 Å². The fourth-order valence-electron chi connectivity index (χ4n) is 8.16. The van der Waals surface area contributed by atoms with Gasteiger partial charge in [-0.05, 0) is 73.0 Å². The first-order chi connectivity index (χ1) is 29.0. The van der Waals surface area contributed by atoms with E-state index < -0.39 is 37.3 Å². The summed E-state index contributed by atoms with van der Waals surface area (Å²) in [5, 5.41) is 45.7. The number of rotatable bonds is 17. The number of piperazine rings is 1. The molecule has 1 unspecified atom stereocenters. The minimum Gasteiger partial charge on any atom is -0.394 e. The van der Waals surface area contributed by atoms with Gasteiger partial charge < -0.3 is 41.1 Å². The number of carbonyl (C=O) groups excluding carboxylic acids is 4. The Bertz CT molecular complexity index is 2170. The number of urea groups is 1. The highest BCUT2D eigenvalue weighted by atomic mass is 16.3. The number of nitrogens with one attached hydrogen (secondary N) is 4. The lowest BCUT2D eigenvalue weighted by Crippen LogP contribution is -2.52. The molecule has 3 atom stereocenters. The Morgan fingerprint density at radius 1 is 0.983 bits per heavy atom. The summed E-state index contributed by atoms with van der Waals surface area (Å²) in [6, 6.07) is 13.7. The van der Waals surface area contributed by atoms with Crippen molar-refractivity contribution in [1.29, 1.82) is 0 Å². The quantitative estimate of drug-likeness (QED) is 0.0605. The highest BCUT2D eigenvalue weighted by molar-refractivity contribution is 6.05. The molecule has 0 bridgehead atoms. The first-order valence-corrected chi connectivity index (χ1v) is 20.9. The summed E-state index contributed by atoms with van der Waals surface area (Å²) in [4.78, 5) is 60.9. The molecule has 60 heavy (non-hydrogen) atoms. The molecule has 17 heteroatoms. The van der Waals surface area contributed by atoms with Crippen molar-refractivity contribution in [2.75, 3.05) is 61.9 Å². The summed E-state index contributed by atoms with van der Waals surface area (Å²) in [7, 11) is 0. The van der Waals surface area contributed by atoms with Crippen LogP contribution in [0.3, 0.4) is 0 Å². The van der Waals surface area contributed by atoms with Crippen LogP contribution < -0.4 is 21.3 Å². The number of amides is 5. The lowest BCUT2D eigenvalue weighted by atomic mass is 9.98. The van der Waals surface area contributed by atoms with Crippen molar-refractivity contribution in [2.45, 2.75) is 89.6 Å². The summed E-state index contributed by atoms with van der Waals surface area (Å²) in [5.74, 6) is 0.404. The highest BCUT2D eigenvalue weighted by Crippen LogP contribution is 2.31. The number of hydrogen-bond acceptors (Lipinski definition) is 12. The minimum absolute atomic E-state index is 0.128. The number of aryl methyl sites for hydroxylation is 1. The number of aliphatic hydroxyl groups excluding tert-OH is 3. The molecular formula is C43H56N10O7. The molecule has 3 aliphatic rings. The number of fused-ring (bicyclic) bond motifs is 2. The van der Waals surface area contributed by atoms with Gasteiger partial charge in [0.05, 0.1) is 31.6 Å². The first-order valence-electron chi connectivity index (χ1n) is 20.9. The number of aromatic nitrogens is 3. The molecule has 3 aliphatic heterocycles. The molecule has 5 amide bonds. The van der Waals surface area contributed by atoms with Crippen LogP contribution in [-0.4, -0.2) is 132 Å². The first kappa shape index (κ1) is 42.5. The van der Waals surface area contributed by atoms with Gasteiger partial charge in [0.2, 0.25) is 11.8 Å². The molecule has 2 saturated heterocycles. The summed E-state index contributed by atoms with van der Waals surface area (Å²) < 4.78 is 1.72. The monoisotopic (exact) mass is 824 g/mol. The Morgan fingerprint density at radius 3 is 2.48 bits per heavy atom. The number of benzene rings is 2. The normalized spacial score (nSPS) is 18.2. The number of nitrogens with zero attached hydrogens (tertiary/aromatic N) is 6. The topological polar surface area (TPSA) is 217 Å². The zero-order valence-electron chi connectivity index (χ0n) is 34.3. The van der Waals surface area contributed by atoms with Crippen LogP contribution in [0, 0.1) is 0 Å². The zero-order valence-corrected chi connectivity index (χ0v) is 34.3. The number of anilines is 3. The van der Waals surface area contributed by atoms with Crippen molar-refractivity contribution in [2.24, 2.45) is 0 Å². The van der Waals surface area contributed by atoms with Crippen LogP contribution in [0.15, 0.2) is 54.7 Å². The van der Waals surface area contributed by atoms with Gasteiger partial charge >= 0.3 is 6.03 Å². The Balaban J connectivity index is 0.835. The van der Waals surface area contributed by atoms with E-state index in [1.807, 2.05) is 41.3 Å². The molecule has 2 aromatic heterocycles. The molecule has 17 nitrogen and oxygen atoms in total. The molecule has 320 valence electrons. The van der Waals surface area contributed by atoms with E-state index in [0.717, 1.165) is 67.6 Å². The number of carbonyl (C=O) groups is 4. The Kier molecular flexibility index (Phi) is 13.6. The van der Waals surface area contributed by atoms with E-state index in [0.29, 0.717) is 61.1 Å². The van der Waals surface area contributed by atoms with Gasteiger partial charge in [-0.25, -0.2) is 9.78 Å². The largest absolute Gasteiger partial charge is 0.394 e. The van der Waals surface area contributed by atoms with Crippen molar-refractivity contribution in [3.8, 4) is 0 Å². The van der Waals surface area contributed by atoms with Gasteiger partial charge in [0.25, 0.3) is 5.91 Å². The average Bonchev–Trinajstić information content (AvgIpc) is 3.84. The molecule has 7 N–H and O–H groups in total. The number of aliphatic hydroxyl groups is 3. The third kappa shape index (κ3) is 9.70. The molecule has 0 saturated carbocycles. The highest BCUT2D eigenvalue weighted by Gasteiger charge is 2.39. The van der Waals surface area contributed by atoms with Crippen molar-refractivity contribution in [3.05, 3.63) is 82.5 Å². The van der Waals surface area contributed by atoms with Gasteiger partial charge in [0.1, 0.15) is 17.7 Å². The summed E-state index contributed by atoms with van der Waals surface area (Å²) in [6.07, 6.45) is 5.12. The fraction of sp³-hybridized carbons (Fsp3) is 0.488. The summed E-state index contributed by atoms with van der Waals surface area (Å²) >= 11 is 0. The van der Waals surface area contributed by atoms with Gasteiger partial charge in [-0.2, -0.15) is 9.61 Å². The Hall–Kier alpha value is -5.62. The third-order valence-corrected chi connectivity index (χ3v) is 11.7. The van der Waals surface area contributed by atoms with Crippen molar-refractivity contribution < 1.29 is 34.5 Å². The van der Waals surface area contributed by atoms with Crippen LogP contribution in [0.5, 0.6) is 0 Å². The van der Waals surface area contributed by atoms with Gasteiger partial charge in [0.15, 0.2) is 5.65 Å². The molecule has 7 rings (SSSR count). The minimum atomic E-state index is -1.17. The molecule has 0 spiro atoms. The number of piperidine rings is 1. The van der Waals surface area contributed by atoms with Gasteiger partial charge in [0, 0.05) is 68.6 Å². The maximum Gasteiger partial charge on any atom is 0.321 e. The molecule has 0 radical (unpaired) electrons. The van der Waals surface area contributed by atoms with E-state index >= 15 is 0 Å². The van der Waals surface area contributed by atoms with Crippen molar-refractivity contribution in [3.63, 3.8) is 0 Å². The maximum atomic E-state index is 13.2. The number of unbranched alkanes of at least 4 members (excludes halogenated alkanes) is 2. The smallest absolute Gasteiger partial charge is 0.321 e. The lowest BCUT2D eigenvalue weighted by Gasteiger charge is -2.34.